The Kier molecular flexibility index (Phi) is 4.53. The molecule has 7 rings (SSSR count). The van der Waals surface area contributed by atoms with Gasteiger partial charge in [0.25, 0.3) is 5.91 Å². The molecule has 1 aromatic heterocycles. The fourth-order valence-electron chi connectivity index (χ4n) is 5.37. The largest absolute Gasteiger partial charge is 0.480 e. The van der Waals surface area contributed by atoms with Crippen LogP contribution < -0.4 is 10.1 Å². The molecule has 1 amide bonds. The van der Waals surface area contributed by atoms with E-state index in [4.69, 9.17) is 27.9 Å². The van der Waals surface area contributed by atoms with Gasteiger partial charge in [-0.2, -0.15) is 0 Å². The molecule has 4 aliphatic rings. The standard InChI is InChI=1S/C23H19Cl2FN4O3/c24-12-1-4-18-14(5-12)17(31)7-19(33-18)21(32)27-23-9-22(10-23,11-23)20-8-30(29-28-20)13-2-3-15(25)16(26)6-13/h1-6,8,17,19,31H,7,9-11H2,(H,27,32)/t17-,19-,22?,23?/m1/s1. The van der Waals surface area contributed by atoms with Crippen LogP contribution in [0.25, 0.3) is 5.69 Å². The molecule has 33 heavy (non-hydrogen) atoms. The molecule has 2 atom stereocenters. The Morgan fingerprint density at radius 1 is 1.21 bits per heavy atom. The number of aliphatic hydroxyl groups is 1. The topological polar surface area (TPSA) is 89.3 Å². The van der Waals surface area contributed by atoms with Crippen molar-refractivity contribution in [3.05, 3.63) is 69.7 Å². The smallest absolute Gasteiger partial charge is 0.261 e. The zero-order valence-electron chi connectivity index (χ0n) is 17.3. The van der Waals surface area contributed by atoms with Gasteiger partial charge in [-0.3, -0.25) is 4.79 Å². The number of halogens is 3. The van der Waals surface area contributed by atoms with E-state index in [0.29, 0.717) is 22.0 Å². The number of nitrogens with zero attached hydrogens (tertiary/aromatic N) is 3. The summed E-state index contributed by atoms with van der Waals surface area (Å²) in [6, 6.07) is 9.48. The highest BCUT2D eigenvalue weighted by Crippen LogP contribution is 2.67. The number of aromatic nitrogens is 3. The van der Waals surface area contributed by atoms with E-state index in [1.54, 1.807) is 30.5 Å². The summed E-state index contributed by atoms with van der Waals surface area (Å²) in [4.78, 5) is 12.9. The van der Waals surface area contributed by atoms with Crippen LogP contribution in [-0.2, 0) is 10.2 Å². The molecule has 7 nitrogen and oxygen atoms in total. The summed E-state index contributed by atoms with van der Waals surface area (Å²) in [5.41, 5.74) is 1.54. The van der Waals surface area contributed by atoms with Crippen molar-refractivity contribution in [2.24, 2.45) is 0 Å². The maximum absolute atomic E-state index is 13.8. The zero-order valence-corrected chi connectivity index (χ0v) is 18.8. The molecule has 0 saturated heterocycles. The lowest BCUT2D eigenvalue weighted by Gasteiger charge is -2.69. The van der Waals surface area contributed by atoms with Crippen molar-refractivity contribution in [2.75, 3.05) is 0 Å². The van der Waals surface area contributed by atoms with Crippen LogP contribution in [-0.4, -0.2) is 37.7 Å². The second-order valence-electron chi connectivity index (χ2n) is 9.27. The molecule has 2 heterocycles. The van der Waals surface area contributed by atoms with Gasteiger partial charge in [0, 0.05) is 34.0 Å². The Morgan fingerprint density at radius 3 is 2.76 bits per heavy atom. The van der Waals surface area contributed by atoms with Crippen LogP contribution in [0.4, 0.5) is 4.39 Å². The summed E-state index contributed by atoms with van der Waals surface area (Å²) >= 11 is 11.7. The number of carbonyl (C=O) groups excluding carboxylic acids is 1. The highest BCUT2D eigenvalue weighted by Gasteiger charge is 2.70. The van der Waals surface area contributed by atoms with Crippen LogP contribution in [0, 0.1) is 5.82 Å². The lowest BCUT2D eigenvalue weighted by molar-refractivity contribution is -0.147. The predicted molar refractivity (Wildman–Crippen MR) is 118 cm³/mol. The minimum atomic E-state index is -0.810. The molecule has 2 bridgehead atoms. The van der Waals surface area contributed by atoms with Gasteiger partial charge in [-0.25, -0.2) is 9.07 Å². The minimum absolute atomic E-state index is 0.0537. The van der Waals surface area contributed by atoms with Crippen LogP contribution in [0.5, 0.6) is 5.75 Å². The average molecular weight is 489 g/mol. The molecule has 3 fully saturated rings. The predicted octanol–water partition coefficient (Wildman–Crippen LogP) is 3.89. The summed E-state index contributed by atoms with van der Waals surface area (Å²) in [6.07, 6.45) is 2.65. The van der Waals surface area contributed by atoms with Crippen LogP contribution in [0.1, 0.15) is 43.0 Å². The maximum atomic E-state index is 13.8. The summed E-state index contributed by atoms with van der Waals surface area (Å²) in [5, 5.41) is 22.5. The molecule has 2 N–H and O–H groups in total. The Morgan fingerprint density at radius 2 is 2.00 bits per heavy atom. The van der Waals surface area contributed by atoms with E-state index in [0.717, 1.165) is 25.0 Å². The summed E-state index contributed by atoms with van der Waals surface area (Å²) < 4.78 is 21.1. The average Bonchev–Trinajstić information content (AvgIpc) is 3.21. The van der Waals surface area contributed by atoms with E-state index >= 15 is 0 Å². The fourth-order valence-corrected chi connectivity index (χ4v) is 5.67. The van der Waals surface area contributed by atoms with Crippen molar-refractivity contribution < 1.29 is 19.0 Å². The highest BCUT2D eigenvalue weighted by molar-refractivity contribution is 6.31. The number of carbonyl (C=O) groups is 1. The number of amides is 1. The van der Waals surface area contributed by atoms with Gasteiger partial charge in [-0.1, -0.05) is 28.4 Å². The molecule has 3 aliphatic carbocycles. The van der Waals surface area contributed by atoms with Crippen molar-refractivity contribution in [3.8, 4) is 11.4 Å². The van der Waals surface area contributed by atoms with Gasteiger partial charge in [-0.15, -0.1) is 5.10 Å². The molecule has 0 spiro atoms. The van der Waals surface area contributed by atoms with E-state index in [1.807, 2.05) is 0 Å². The fraction of sp³-hybridized carbons (Fsp3) is 0.348. The van der Waals surface area contributed by atoms with Crippen LogP contribution in [0.2, 0.25) is 10.0 Å². The third-order valence-corrected chi connectivity index (χ3v) is 7.49. The van der Waals surface area contributed by atoms with Gasteiger partial charge in [0.2, 0.25) is 0 Å². The highest BCUT2D eigenvalue weighted by atomic mass is 35.5. The summed E-state index contributed by atoms with van der Waals surface area (Å²) in [6.45, 7) is 0. The molecular formula is C23H19Cl2FN4O3. The number of nitrogens with one attached hydrogen (secondary N) is 1. The van der Waals surface area contributed by atoms with Crippen LogP contribution >= 0.6 is 23.2 Å². The molecule has 2 aromatic carbocycles. The number of hydrogen-bond acceptors (Lipinski definition) is 5. The van der Waals surface area contributed by atoms with E-state index < -0.39 is 18.0 Å². The molecular weight excluding hydrogens is 470 g/mol. The number of hydrogen-bond donors (Lipinski definition) is 2. The van der Waals surface area contributed by atoms with E-state index in [9.17, 15) is 14.3 Å². The van der Waals surface area contributed by atoms with Crippen molar-refractivity contribution in [2.45, 2.75) is 48.8 Å². The molecule has 0 radical (unpaired) electrons. The number of aliphatic hydroxyl groups excluding tert-OH is 1. The van der Waals surface area contributed by atoms with Crippen molar-refractivity contribution in [3.63, 3.8) is 0 Å². The first-order valence-corrected chi connectivity index (χ1v) is 11.4. The van der Waals surface area contributed by atoms with Crippen LogP contribution in [0.3, 0.4) is 0 Å². The summed E-state index contributed by atoms with van der Waals surface area (Å²) in [5.74, 6) is -0.273. The Hall–Kier alpha value is -2.68. The first kappa shape index (κ1) is 20.9. The van der Waals surface area contributed by atoms with E-state index in [-0.39, 0.29) is 28.3 Å². The van der Waals surface area contributed by atoms with Gasteiger partial charge < -0.3 is 15.2 Å². The number of fused-ring (bicyclic) bond motifs is 1. The van der Waals surface area contributed by atoms with E-state index in [2.05, 4.69) is 15.6 Å². The molecule has 10 heteroatoms. The van der Waals surface area contributed by atoms with Gasteiger partial charge in [0.05, 0.1) is 28.7 Å². The second kappa shape index (κ2) is 7.16. The number of benzene rings is 2. The van der Waals surface area contributed by atoms with Crippen molar-refractivity contribution in [1.29, 1.82) is 0 Å². The molecule has 170 valence electrons. The van der Waals surface area contributed by atoms with Crippen molar-refractivity contribution >= 4 is 29.1 Å². The monoisotopic (exact) mass is 488 g/mol. The first-order valence-electron chi connectivity index (χ1n) is 10.6. The Balaban J connectivity index is 1.11. The molecule has 3 aromatic rings. The summed E-state index contributed by atoms with van der Waals surface area (Å²) in [7, 11) is 0. The van der Waals surface area contributed by atoms with Gasteiger partial charge in [0.1, 0.15) is 11.6 Å². The zero-order chi connectivity index (χ0) is 23.0. The third kappa shape index (κ3) is 3.31. The first-order chi connectivity index (χ1) is 15.8. The maximum Gasteiger partial charge on any atom is 0.261 e. The lowest BCUT2D eigenvalue weighted by Crippen LogP contribution is -2.77. The Bertz CT molecular complexity index is 1280. The minimum Gasteiger partial charge on any atom is -0.480 e. The SMILES string of the molecule is O=C(NC12CC(c3cn(-c4ccc(Cl)c(F)c4)nn3)(C1)C2)[C@H]1C[C@@H](O)c2cc(Cl)ccc2O1. The molecule has 1 aliphatic heterocycles. The third-order valence-electron chi connectivity index (χ3n) is 6.95. The van der Waals surface area contributed by atoms with Gasteiger partial charge in [-0.05, 0) is 49.6 Å². The van der Waals surface area contributed by atoms with Gasteiger partial charge in [0.15, 0.2) is 6.10 Å². The quantitative estimate of drug-likeness (QED) is 0.581. The van der Waals surface area contributed by atoms with Crippen molar-refractivity contribution in [1.82, 2.24) is 20.3 Å². The van der Waals surface area contributed by atoms with E-state index in [1.165, 1.54) is 16.8 Å². The number of rotatable bonds is 4. The van der Waals surface area contributed by atoms with Crippen LogP contribution in [0.15, 0.2) is 42.6 Å². The normalized spacial score (nSPS) is 29.3. The number of ether oxygens (including phenoxy) is 1. The molecule has 3 saturated carbocycles. The lowest BCUT2D eigenvalue weighted by atomic mass is 9.38. The Labute approximate surface area is 198 Å². The second-order valence-corrected chi connectivity index (χ2v) is 10.1. The van der Waals surface area contributed by atoms with Gasteiger partial charge >= 0.3 is 0 Å². The molecule has 0 unspecified atom stereocenters.